The zero-order chi connectivity index (χ0) is 17.8. The maximum absolute atomic E-state index is 12.0. The van der Waals surface area contributed by atoms with Crippen LogP contribution >= 0.6 is 11.3 Å². The Morgan fingerprint density at radius 1 is 1.08 bits per heavy atom. The minimum absolute atomic E-state index is 0.00589. The number of carbonyl (C=O) groups is 1. The number of ether oxygens (including phenoxy) is 1. The van der Waals surface area contributed by atoms with Crippen LogP contribution in [0.2, 0.25) is 0 Å². The average molecular weight is 352 g/mol. The lowest BCUT2D eigenvalue weighted by Gasteiger charge is -2.10. The molecule has 5 heteroatoms. The highest BCUT2D eigenvalue weighted by atomic mass is 32.1. The van der Waals surface area contributed by atoms with E-state index in [1.165, 1.54) is 0 Å². The Kier molecular flexibility index (Phi) is 5.14. The smallest absolute Gasteiger partial charge is 0.253 e. The first-order valence-electron chi connectivity index (χ1n) is 8.01. The molecule has 0 radical (unpaired) electrons. The van der Waals surface area contributed by atoms with Crippen LogP contribution in [0.5, 0.6) is 5.75 Å². The largest absolute Gasteiger partial charge is 0.488 e. The number of nitrogens with zero attached hydrogens (tertiary/aromatic N) is 2. The zero-order valence-corrected chi connectivity index (χ0v) is 15.3. The van der Waals surface area contributed by atoms with Crippen molar-refractivity contribution in [3.8, 4) is 17.0 Å². The van der Waals surface area contributed by atoms with E-state index in [0.717, 1.165) is 26.9 Å². The lowest BCUT2D eigenvalue weighted by molar-refractivity contribution is 0.0827. The first-order valence-corrected chi connectivity index (χ1v) is 8.82. The molecule has 3 aromatic rings. The third kappa shape index (κ3) is 4.06. The summed E-state index contributed by atoms with van der Waals surface area (Å²) in [5.74, 6) is 0.833. The van der Waals surface area contributed by atoms with Crippen molar-refractivity contribution in [3.05, 3.63) is 70.0 Å². The number of rotatable bonds is 5. The average Bonchev–Trinajstić information content (AvgIpc) is 3.01. The van der Waals surface area contributed by atoms with Crippen molar-refractivity contribution in [2.75, 3.05) is 14.1 Å². The topological polar surface area (TPSA) is 42.4 Å². The highest BCUT2D eigenvalue weighted by Crippen LogP contribution is 2.29. The van der Waals surface area contributed by atoms with Gasteiger partial charge in [-0.25, -0.2) is 4.98 Å². The van der Waals surface area contributed by atoms with Crippen molar-refractivity contribution >= 4 is 17.2 Å². The second kappa shape index (κ2) is 7.49. The minimum atomic E-state index is -0.00589. The van der Waals surface area contributed by atoms with E-state index in [1.54, 1.807) is 30.3 Å². The Morgan fingerprint density at radius 3 is 2.40 bits per heavy atom. The predicted octanol–water partition coefficient (Wildman–Crippen LogP) is 4.40. The number of thiazole rings is 1. The summed E-state index contributed by atoms with van der Waals surface area (Å²) in [6, 6.07) is 17.3. The molecule has 128 valence electrons. The van der Waals surface area contributed by atoms with E-state index in [0.29, 0.717) is 12.2 Å². The number of aromatic nitrogens is 1. The fourth-order valence-corrected chi connectivity index (χ4v) is 3.36. The van der Waals surface area contributed by atoms with Crippen LogP contribution in [0, 0.1) is 6.92 Å². The molecule has 2 aromatic carbocycles. The summed E-state index contributed by atoms with van der Waals surface area (Å²) < 4.78 is 5.87. The molecule has 0 saturated heterocycles. The van der Waals surface area contributed by atoms with Gasteiger partial charge in [-0.1, -0.05) is 30.3 Å². The number of hydrogen-bond acceptors (Lipinski definition) is 4. The summed E-state index contributed by atoms with van der Waals surface area (Å²) in [6.07, 6.45) is 0. The molecule has 0 fully saturated rings. The lowest BCUT2D eigenvalue weighted by atomic mass is 10.1. The molecule has 0 aliphatic rings. The molecule has 0 N–H and O–H groups in total. The van der Waals surface area contributed by atoms with Gasteiger partial charge in [-0.05, 0) is 31.2 Å². The fourth-order valence-electron chi connectivity index (χ4n) is 2.49. The monoisotopic (exact) mass is 352 g/mol. The Labute approximate surface area is 151 Å². The van der Waals surface area contributed by atoms with Gasteiger partial charge in [0.25, 0.3) is 5.91 Å². The summed E-state index contributed by atoms with van der Waals surface area (Å²) in [4.78, 5) is 19.3. The van der Waals surface area contributed by atoms with Crippen molar-refractivity contribution in [2.24, 2.45) is 0 Å². The number of para-hydroxylation sites is 1. The summed E-state index contributed by atoms with van der Waals surface area (Å²) >= 11 is 1.63. The number of aryl methyl sites for hydroxylation is 1. The molecule has 1 heterocycles. The fraction of sp³-hybridized carbons (Fsp3) is 0.200. The summed E-state index contributed by atoms with van der Waals surface area (Å²) in [5, 5.41) is 0.995. The van der Waals surface area contributed by atoms with E-state index in [2.05, 4.69) is 4.98 Å². The van der Waals surface area contributed by atoms with Gasteiger partial charge in [-0.15, -0.1) is 11.3 Å². The van der Waals surface area contributed by atoms with Crippen LogP contribution in [0.4, 0.5) is 0 Å². The van der Waals surface area contributed by atoms with Crippen molar-refractivity contribution in [1.29, 1.82) is 0 Å². The van der Waals surface area contributed by atoms with Gasteiger partial charge >= 0.3 is 0 Å². The molecule has 0 atom stereocenters. The van der Waals surface area contributed by atoms with E-state index >= 15 is 0 Å². The molecule has 1 aromatic heterocycles. The molecular formula is C20H20N2O2S. The maximum Gasteiger partial charge on any atom is 0.253 e. The molecule has 0 aliphatic carbocycles. The van der Waals surface area contributed by atoms with Crippen LogP contribution in [0.25, 0.3) is 11.3 Å². The predicted molar refractivity (Wildman–Crippen MR) is 101 cm³/mol. The van der Waals surface area contributed by atoms with Crippen LogP contribution in [0.1, 0.15) is 20.2 Å². The summed E-state index contributed by atoms with van der Waals surface area (Å²) in [5.41, 5.74) is 2.58. The van der Waals surface area contributed by atoms with Gasteiger partial charge in [0, 0.05) is 25.2 Å². The molecule has 0 aliphatic heterocycles. The first kappa shape index (κ1) is 17.2. The van der Waals surface area contributed by atoms with Crippen molar-refractivity contribution in [1.82, 2.24) is 9.88 Å². The van der Waals surface area contributed by atoms with Crippen molar-refractivity contribution < 1.29 is 9.53 Å². The number of benzene rings is 2. The quantitative estimate of drug-likeness (QED) is 0.683. The second-order valence-corrected chi connectivity index (χ2v) is 7.17. The number of amides is 1. The van der Waals surface area contributed by atoms with E-state index in [4.69, 9.17) is 4.74 Å². The van der Waals surface area contributed by atoms with E-state index in [-0.39, 0.29) is 5.91 Å². The van der Waals surface area contributed by atoms with Crippen LogP contribution in [0.3, 0.4) is 0 Å². The van der Waals surface area contributed by atoms with E-state index in [9.17, 15) is 4.79 Å². The molecule has 0 spiro atoms. The Hall–Kier alpha value is -2.66. The summed E-state index contributed by atoms with van der Waals surface area (Å²) in [6.45, 7) is 2.47. The van der Waals surface area contributed by atoms with E-state index < -0.39 is 0 Å². The van der Waals surface area contributed by atoms with Crippen LogP contribution < -0.4 is 4.74 Å². The Balaban J connectivity index is 1.81. The van der Waals surface area contributed by atoms with Gasteiger partial charge in [0.05, 0.1) is 15.6 Å². The first-order chi connectivity index (χ1) is 12.0. The minimum Gasteiger partial charge on any atom is -0.488 e. The molecule has 4 nitrogen and oxygen atoms in total. The maximum atomic E-state index is 12.0. The third-order valence-electron chi connectivity index (χ3n) is 3.73. The van der Waals surface area contributed by atoms with Gasteiger partial charge < -0.3 is 9.64 Å². The van der Waals surface area contributed by atoms with Gasteiger partial charge in [0.2, 0.25) is 0 Å². The zero-order valence-electron chi connectivity index (χ0n) is 14.5. The van der Waals surface area contributed by atoms with E-state index in [1.807, 2.05) is 61.5 Å². The van der Waals surface area contributed by atoms with Crippen molar-refractivity contribution in [3.63, 3.8) is 0 Å². The van der Waals surface area contributed by atoms with Crippen LogP contribution in [0.15, 0.2) is 54.6 Å². The number of hydrogen-bond donors (Lipinski definition) is 0. The second-order valence-electron chi connectivity index (χ2n) is 5.88. The SMILES string of the molecule is Cc1nc(-c2ccc(C(=O)N(C)C)cc2)c(COc2ccccc2)s1. The van der Waals surface area contributed by atoms with Crippen LogP contribution in [-0.4, -0.2) is 29.9 Å². The molecule has 0 saturated carbocycles. The highest BCUT2D eigenvalue weighted by molar-refractivity contribution is 7.12. The van der Waals surface area contributed by atoms with Crippen LogP contribution in [-0.2, 0) is 6.61 Å². The third-order valence-corrected chi connectivity index (χ3v) is 4.67. The molecule has 25 heavy (non-hydrogen) atoms. The summed E-state index contributed by atoms with van der Waals surface area (Å²) in [7, 11) is 3.50. The molecule has 0 unspecified atom stereocenters. The molecule has 0 bridgehead atoms. The van der Waals surface area contributed by atoms with Gasteiger partial charge in [-0.2, -0.15) is 0 Å². The highest BCUT2D eigenvalue weighted by Gasteiger charge is 2.14. The molecule has 3 rings (SSSR count). The van der Waals surface area contributed by atoms with Gasteiger partial charge in [0.15, 0.2) is 0 Å². The molecular weight excluding hydrogens is 332 g/mol. The van der Waals surface area contributed by atoms with Gasteiger partial charge in [0.1, 0.15) is 12.4 Å². The Bertz CT molecular complexity index is 855. The van der Waals surface area contributed by atoms with Gasteiger partial charge in [-0.3, -0.25) is 4.79 Å². The lowest BCUT2D eigenvalue weighted by Crippen LogP contribution is -2.21. The standard InChI is InChI=1S/C20H20N2O2S/c1-14-21-19(15-9-11-16(12-10-15)20(23)22(2)3)18(25-14)13-24-17-7-5-4-6-8-17/h4-12H,13H2,1-3H3. The Morgan fingerprint density at radius 2 is 1.76 bits per heavy atom. The number of carbonyl (C=O) groups excluding carboxylic acids is 1. The normalized spacial score (nSPS) is 10.5. The molecule has 1 amide bonds. The van der Waals surface area contributed by atoms with Crippen molar-refractivity contribution in [2.45, 2.75) is 13.5 Å².